The number of hydrogen-bond donors (Lipinski definition) is 1. The zero-order valence-electron chi connectivity index (χ0n) is 12.8. The van der Waals surface area contributed by atoms with Crippen LogP contribution in [-0.4, -0.2) is 22.3 Å². The van der Waals surface area contributed by atoms with E-state index in [1.165, 1.54) is 0 Å². The van der Waals surface area contributed by atoms with E-state index in [1.807, 2.05) is 30.5 Å². The summed E-state index contributed by atoms with van der Waals surface area (Å²) in [4.78, 5) is 17.0. The van der Waals surface area contributed by atoms with Crippen LogP contribution in [-0.2, 0) is 22.5 Å². The third-order valence-electron chi connectivity index (χ3n) is 4.22. The number of hydrogen-bond acceptors (Lipinski definition) is 5. The first-order chi connectivity index (χ1) is 11.1. The standard InChI is InChI=1S/C16H18ClN3O2S/c1-23-10-13-19-14(22-20-13)9-18-15(21)16(7-2-8-16)11-3-5-12(17)6-4-11/h3-6H,2,7-10H2,1H3,(H,18,21). The third kappa shape index (κ3) is 3.38. The summed E-state index contributed by atoms with van der Waals surface area (Å²) in [5.41, 5.74) is 0.562. The first-order valence-electron chi connectivity index (χ1n) is 7.49. The fourth-order valence-electron chi connectivity index (χ4n) is 2.82. The van der Waals surface area contributed by atoms with Gasteiger partial charge in [0, 0.05) is 5.02 Å². The molecule has 0 spiro atoms. The molecular weight excluding hydrogens is 334 g/mol. The maximum atomic E-state index is 12.7. The summed E-state index contributed by atoms with van der Waals surface area (Å²) in [6.45, 7) is 0.259. The topological polar surface area (TPSA) is 68.0 Å². The minimum absolute atomic E-state index is 0.00990. The Morgan fingerprint density at radius 2 is 2.13 bits per heavy atom. The molecule has 0 saturated heterocycles. The number of nitrogens with one attached hydrogen (secondary N) is 1. The Balaban J connectivity index is 1.67. The SMILES string of the molecule is CSCc1noc(CNC(=O)C2(c3ccc(Cl)cc3)CCC2)n1. The smallest absolute Gasteiger partial charge is 0.246 e. The summed E-state index contributed by atoms with van der Waals surface area (Å²) in [5.74, 6) is 1.80. The van der Waals surface area contributed by atoms with Crippen LogP contribution in [0.1, 0.15) is 36.5 Å². The second kappa shape index (κ2) is 6.93. The van der Waals surface area contributed by atoms with Gasteiger partial charge in [-0.25, -0.2) is 0 Å². The maximum absolute atomic E-state index is 12.7. The first kappa shape index (κ1) is 16.3. The molecule has 0 atom stereocenters. The van der Waals surface area contributed by atoms with Gasteiger partial charge in [0.2, 0.25) is 11.8 Å². The molecule has 0 bridgehead atoms. The van der Waals surface area contributed by atoms with Crippen LogP contribution >= 0.6 is 23.4 Å². The van der Waals surface area contributed by atoms with E-state index in [0.29, 0.717) is 22.5 Å². The number of halogens is 1. The maximum Gasteiger partial charge on any atom is 0.246 e. The van der Waals surface area contributed by atoms with Crippen molar-refractivity contribution >= 4 is 29.3 Å². The Morgan fingerprint density at radius 1 is 1.39 bits per heavy atom. The Hall–Kier alpha value is -1.53. The van der Waals surface area contributed by atoms with Crippen molar-refractivity contribution in [1.29, 1.82) is 0 Å². The molecule has 1 aliphatic carbocycles. The summed E-state index contributed by atoms with van der Waals surface area (Å²) >= 11 is 7.57. The van der Waals surface area contributed by atoms with E-state index in [9.17, 15) is 4.79 Å². The van der Waals surface area contributed by atoms with Gasteiger partial charge in [0.1, 0.15) is 0 Å². The Morgan fingerprint density at radius 3 is 2.74 bits per heavy atom. The van der Waals surface area contributed by atoms with Gasteiger partial charge in [-0.2, -0.15) is 16.7 Å². The minimum atomic E-state index is -0.452. The summed E-state index contributed by atoms with van der Waals surface area (Å²) in [6, 6.07) is 7.53. The molecule has 1 saturated carbocycles. The lowest BCUT2D eigenvalue weighted by Gasteiger charge is -2.40. The molecule has 7 heteroatoms. The number of nitrogens with zero attached hydrogens (tertiary/aromatic N) is 2. The fourth-order valence-corrected chi connectivity index (χ4v) is 3.32. The Bertz CT molecular complexity index is 683. The van der Waals surface area contributed by atoms with Crippen molar-refractivity contribution in [2.75, 3.05) is 6.26 Å². The van der Waals surface area contributed by atoms with Gasteiger partial charge in [0.25, 0.3) is 0 Å². The number of rotatable bonds is 6. The molecule has 1 aromatic heterocycles. The highest BCUT2D eigenvalue weighted by Gasteiger charge is 2.45. The molecule has 0 radical (unpaired) electrons. The molecule has 3 rings (SSSR count). The highest BCUT2D eigenvalue weighted by atomic mass is 35.5. The third-order valence-corrected chi connectivity index (χ3v) is 5.02. The van der Waals surface area contributed by atoms with Gasteiger partial charge in [0.15, 0.2) is 5.82 Å². The lowest BCUT2D eigenvalue weighted by molar-refractivity contribution is -0.130. The summed E-state index contributed by atoms with van der Waals surface area (Å²) in [5, 5.41) is 7.49. The number of thioether (sulfide) groups is 1. The lowest BCUT2D eigenvalue weighted by Crippen LogP contribution is -2.49. The zero-order valence-corrected chi connectivity index (χ0v) is 14.4. The Kier molecular flexibility index (Phi) is 4.92. The van der Waals surface area contributed by atoms with Crippen molar-refractivity contribution in [3.8, 4) is 0 Å². The monoisotopic (exact) mass is 351 g/mol. The van der Waals surface area contributed by atoms with Crippen LogP contribution < -0.4 is 5.32 Å². The molecule has 5 nitrogen and oxygen atoms in total. The molecule has 2 aromatic rings. The van der Waals surface area contributed by atoms with Crippen molar-refractivity contribution < 1.29 is 9.32 Å². The largest absolute Gasteiger partial charge is 0.346 e. The Labute approximate surface area is 144 Å². The van der Waals surface area contributed by atoms with Gasteiger partial charge >= 0.3 is 0 Å². The van der Waals surface area contributed by atoms with E-state index < -0.39 is 5.41 Å². The average Bonchev–Trinajstić information content (AvgIpc) is 2.94. The van der Waals surface area contributed by atoms with Gasteiger partial charge in [-0.3, -0.25) is 4.79 Å². The van der Waals surface area contributed by atoms with Gasteiger partial charge < -0.3 is 9.84 Å². The van der Waals surface area contributed by atoms with E-state index >= 15 is 0 Å². The minimum Gasteiger partial charge on any atom is -0.346 e. The van der Waals surface area contributed by atoms with Crippen LogP contribution in [0.2, 0.25) is 5.02 Å². The normalized spacial score (nSPS) is 15.9. The molecule has 1 aliphatic rings. The molecule has 1 aromatic carbocycles. The second-order valence-corrected chi connectivity index (χ2v) is 6.97. The molecule has 1 N–H and O–H groups in total. The van der Waals surface area contributed by atoms with E-state index in [-0.39, 0.29) is 12.5 Å². The van der Waals surface area contributed by atoms with E-state index in [1.54, 1.807) is 11.8 Å². The number of aromatic nitrogens is 2. The van der Waals surface area contributed by atoms with Crippen LogP contribution in [0.3, 0.4) is 0 Å². The van der Waals surface area contributed by atoms with Gasteiger partial charge in [0.05, 0.1) is 17.7 Å². The van der Waals surface area contributed by atoms with Gasteiger partial charge in [-0.15, -0.1) is 0 Å². The first-order valence-corrected chi connectivity index (χ1v) is 9.26. The lowest BCUT2D eigenvalue weighted by atomic mass is 9.64. The highest BCUT2D eigenvalue weighted by Crippen LogP contribution is 2.44. The van der Waals surface area contributed by atoms with Crippen LogP contribution in [0.15, 0.2) is 28.8 Å². The van der Waals surface area contributed by atoms with Gasteiger partial charge in [-0.05, 0) is 36.8 Å². The number of carbonyl (C=O) groups excluding carboxylic acids is 1. The number of carbonyl (C=O) groups is 1. The van der Waals surface area contributed by atoms with Crippen molar-refractivity contribution in [2.45, 2.75) is 37.0 Å². The van der Waals surface area contributed by atoms with Crippen LogP contribution in [0.25, 0.3) is 0 Å². The van der Waals surface area contributed by atoms with Crippen molar-refractivity contribution in [3.05, 3.63) is 46.6 Å². The van der Waals surface area contributed by atoms with E-state index in [4.69, 9.17) is 16.1 Å². The molecule has 0 unspecified atom stereocenters. The molecule has 1 fully saturated rings. The van der Waals surface area contributed by atoms with Gasteiger partial charge in [-0.1, -0.05) is 35.3 Å². The van der Waals surface area contributed by atoms with Crippen molar-refractivity contribution in [2.24, 2.45) is 0 Å². The zero-order chi connectivity index (χ0) is 16.3. The van der Waals surface area contributed by atoms with Crippen molar-refractivity contribution in [3.63, 3.8) is 0 Å². The molecule has 122 valence electrons. The van der Waals surface area contributed by atoms with Crippen LogP contribution in [0.5, 0.6) is 0 Å². The van der Waals surface area contributed by atoms with E-state index in [2.05, 4.69) is 15.5 Å². The van der Waals surface area contributed by atoms with E-state index in [0.717, 1.165) is 24.8 Å². The molecule has 0 aliphatic heterocycles. The summed E-state index contributed by atoms with van der Waals surface area (Å²) < 4.78 is 5.15. The quantitative estimate of drug-likeness (QED) is 0.864. The van der Waals surface area contributed by atoms with Crippen LogP contribution in [0, 0.1) is 0 Å². The van der Waals surface area contributed by atoms with Crippen molar-refractivity contribution in [1.82, 2.24) is 15.5 Å². The predicted octanol–water partition coefficient (Wildman–Crippen LogP) is 3.32. The highest BCUT2D eigenvalue weighted by molar-refractivity contribution is 7.97. The second-order valence-electron chi connectivity index (χ2n) is 5.66. The molecular formula is C16H18ClN3O2S. The summed E-state index contributed by atoms with van der Waals surface area (Å²) in [7, 11) is 0. The molecule has 1 heterocycles. The average molecular weight is 352 g/mol. The predicted molar refractivity (Wildman–Crippen MR) is 90.3 cm³/mol. The molecule has 23 heavy (non-hydrogen) atoms. The molecule has 1 amide bonds. The number of amides is 1. The summed E-state index contributed by atoms with van der Waals surface area (Å²) in [6.07, 6.45) is 4.72. The van der Waals surface area contributed by atoms with Crippen LogP contribution in [0.4, 0.5) is 0 Å². The fraction of sp³-hybridized carbons (Fsp3) is 0.438. The number of benzene rings is 1.